The van der Waals surface area contributed by atoms with Gasteiger partial charge in [0.15, 0.2) is 0 Å². The van der Waals surface area contributed by atoms with Crippen LogP contribution in [0, 0.1) is 0 Å². The molecule has 0 fully saturated rings. The van der Waals surface area contributed by atoms with Gasteiger partial charge in [-0.1, -0.05) is 42.6 Å². The van der Waals surface area contributed by atoms with Gasteiger partial charge >= 0.3 is 0 Å². The van der Waals surface area contributed by atoms with E-state index < -0.39 is 0 Å². The van der Waals surface area contributed by atoms with Crippen LogP contribution < -0.4 is 15.4 Å². The van der Waals surface area contributed by atoms with E-state index in [0.29, 0.717) is 9.98 Å². The lowest BCUT2D eigenvalue weighted by Crippen LogP contribution is -2.25. The number of nitrogens with one attached hydrogen (secondary N) is 2. The molecule has 0 atom stereocenters. The second-order valence-electron chi connectivity index (χ2n) is 4.00. The van der Waals surface area contributed by atoms with Crippen LogP contribution in [0.15, 0.2) is 54.6 Å². The van der Waals surface area contributed by atoms with E-state index in [1.807, 2.05) is 54.6 Å². The molecule has 0 radical (unpaired) electrons. The predicted molar refractivity (Wildman–Crippen MR) is 91.9 cm³/mol. The van der Waals surface area contributed by atoms with Gasteiger partial charge < -0.3 is 15.4 Å². The first kappa shape index (κ1) is 14.4. The third-order valence-electron chi connectivity index (χ3n) is 2.59. The zero-order valence-corrected chi connectivity index (χ0v) is 12.6. The summed E-state index contributed by atoms with van der Waals surface area (Å²) in [5.74, 6) is 0.798. The number of hydrogen-bond acceptors (Lipinski definition) is 3. The monoisotopic (exact) mass is 302 g/mol. The summed E-state index contributed by atoms with van der Waals surface area (Å²) in [6.45, 7) is 0. The van der Waals surface area contributed by atoms with Crippen molar-refractivity contribution in [2.75, 3.05) is 17.7 Å². The Kier molecular flexibility index (Phi) is 5.03. The molecule has 0 bridgehead atoms. The number of anilines is 2. The first-order chi connectivity index (χ1) is 9.69. The molecule has 2 aromatic rings. The highest BCUT2D eigenvalue weighted by molar-refractivity contribution is 7.89. The Balaban J connectivity index is 1.95. The van der Waals surface area contributed by atoms with Crippen molar-refractivity contribution in [3.63, 3.8) is 0 Å². The third kappa shape index (κ3) is 4.01. The van der Waals surface area contributed by atoms with Gasteiger partial charge in [-0.25, -0.2) is 0 Å². The first-order valence-corrected chi connectivity index (χ1v) is 6.82. The minimum atomic E-state index is 0.481. The topological polar surface area (TPSA) is 33.3 Å². The van der Waals surface area contributed by atoms with E-state index in [0.717, 1.165) is 17.1 Å². The van der Waals surface area contributed by atoms with Gasteiger partial charge in [0.25, 0.3) is 0 Å². The number of para-hydroxylation sites is 1. The highest BCUT2D eigenvalue weighted by Crippen LogP contribution is 2.15. The summed E-state index contributed by atoms with van der Waals surface area (Å²) in [6, 6.07) is 17.2. The number of benzene rings is 2. The van der Waals surface area contributed by atoms with Crippen LogP contribution in [-0.4, -0.2) is 17.1 Å². The second kappa shape index (κ2) is 6.98. The zero-order valence-electron chi connectivity index (χ0n) is 10.9. The van der Waals surface area contributed by atoms with Gasteiger partial charge in [0.2, 0.25) is 0 Å². The molecule has 20 heavy (non-hydrogen) atoms. The Morgan fingerprint density at radius 2 is 1.30 bits per heavy atom. The lowest BCUT2D eigenvalue weighted by atomic mass is 10.3. The Morgan fingerprint density at radius 3 is 1.80 bits per heavy atom. The number of rotatable bonds is 3. The van der Waals surface area contributed by atoms with Crippen LogP contribution >= 0.6 is 24.4 Å². The second-order valence-corrected chi connectivity index (χ2v) is 4.82. The fraction of sp³-hybridized carbons (Fsp3) is 0.0667. The fourth-order valence-electron chi connectivity index (χ4n) is 1.57. The minimum absolute atomic E-state index is 0.481. The average molecular weight is 302 g/mol. The van der Waals surface area contributed by atoms with Crippen LogP contribution in [0.3, 0.4) is 0 Å². The van der Waals surface area contributed by atoms with E-state index in [4.69, 9.17) is 29.2 Å². The zero-order chi connectivity index (χ0) is 14.4. The quantitative estimate of drug-likeness (QED) is 0.841. The van der Waals surface area contributed by atoms with Crippen molar-refractivity contribution in [1.82, 2.24) is 0 Å². The molecule has 0 saturated carbocycles. The van der Waals surface area contributed by atoms with E-state index in [-0.39, 0.29) is 0 Å². The highest BCUT2D eigenvalue weighted by atomic mass is 32.1. The molecule has 0 heterocycles. The predicted octanol–water partition coefficient (Wildman–Crippen LogP) is 3.87. The summed E-state index contributed by atoms with van der Waals surface area (Å²) >= 11 is 10.5. The van der Waals surface area contributed by atoms with Crippen molar-refractivity contribution >= 4 is 45.8 Å². The SMILES string of the molecule is COc1ccc(NC(=S)C(=S)Nc2ccccc2)cc1. The summed E-state index contributed by atoms with van der Waals surface area (Å²) < 4.78 is 5.10. The Hall–Kier alpha value is -1.98. The van der Waals surface area contributed by atoms with E-state index >= 15 is 0 Å². The molecular formula is C15H14N2OS2. The van der Waals surface area contributed by atoms with E-state index in [2.05, 4.69) is 10.6 Å². The molecule has 0 unspecified atom stereocenters. The average Bonchev–Trinajstić information content (AvgIpc) is 2.49. The molecule has 5 heteroatoms. The van der Waals surface area contributed by atoms with Crippen LogP contribution in [0.25, 0.3) is 0 Å². The van der Waals surface area contributed by atoms with Gasteiger partial charge in [0.05, 0.1) is 7.11 Å². The van der Waals surface area contributed by atoms with Crippen molar-refractivity contribution in [3.05, 3.63) is 54.6 Å². The summed E-state index contributed by atoms with van der Waals surface area (Å²) in [6.07, 6.45) is 0. The van der Waals surface area contributed by atoms with Crippen molar-refractivity contribution in [1.29, 1.82) is 0 Å². The Labute approximate surface area is 129 Å². The van der Waals surface area contributed by atoms with E-state index in [9.17, 15) is 0 Å². The van der Waals surface area contributed by atoms with Gasteiger partial charge in [-0.15, -0.1) is 0 Å². The van der Waals surface area contributed by atoms with Crippen molar-refractivity contribution in [2.24, 2.45) is 0 Å². The van der Waals surface area contributed by atoms with Gasteiger partial charge in [0, 0.05) is 11.4 Å². The molecule has 2 N–H and O–H groups in total. The van der Waals surface area contributed by atoms with Crippen LogP contribution in [0.4, 0.5) is 11.4 Å². The van der Waals surface area contributed by atoms with Crippen LogP contribution in [0.1, 0.15) is 0 Å². The number of thiocarbonyl (C=S) groups is 2. The number of methoxy groups -OCH3 is 1. The molecular weight excluding hydrogens is 288 g/mol. The largest absolute Gasteiger partial charge is 0.497 e. The lowest BCUT2D eigenvalue weighted by molar-refractivity contribution is 0.415. The van der Waals surface area contributed by atoms with E-state index in [1.165, 1.54) is 0 Å². The smallest absolute Gasteiger partial charge is 0.138 e. The minimum Gasteiger partial charge on any atom is -0.497 e. The molecule has 0 aliphatic rings. The summed E-state index contributed by atoms with van der Waals surface area (Å²) in [5.41, 5.74) is 1.78. The number of hydrogen-bond donors (Lipinski definition) is 2. The number of ether oxygens (including phenoxy) is 1. The van der Waals surface area contributed by atoms with Gasteiger partial charge in [0.1, 0.15) is 15.7 Å². The molecule has 0 amide bonds. The van der Waals surface area contributed by atoms with Gasteiger partial charge in [-0.3, -0.25) is 0 Å². The summed E-state index contributed by atoms with van der Waals surface area (Å²) in [4.78, 5) is 0.969. The maximum absolute atomic E-state index is 5.27. The Bertz CT molecular complexity index is 597. The van der Waals surface area contributed by atoms with Crippen LogP contribution in [0.5, 0.6) is 5.75 Å². The summed E-state index contributed by atoms with van der Waals surface area (Å²) in [7, 11) is 1.63. The molecule has 102 valence electrons. The lowest BCUT2D eigenvalue weighted by Gasteiger charge is -2.11. The van der Waals surface area contributed by atoms with Gasteiger partial charge in [-0.2, -0.15) is 0 Å². The van der Waals surface area contributed by atoms with Gasteiger partial charge in [-0.05, 0) is 36.4 Å². The van der Waals surface area contributed by atoms with Crippen molar-refractivity contribution in [3.8, 4) is 5.75 Å². The van der Waals surface area contributed by atoms with E-state index in [1.54, 1.807) is 7.11 Å². The Morgan fingerprint density at radius 1 is 0.800 bits per heavy atom. The standard InChI is InChI=1S/C15H14N2OS2/c1-18-13-9-7-12(8-10-13)17-15(20)14(19)16-11-5-3-2-4-6-11/h2-10H,1H3,(H,16,19)(H,17,20). The van der Waals surface area contributed by atoms with Crippen LogP contribution in [0.2, 0.25) is 0 Å². The van der Waals surface area contributed by atoms with Crippen LogP contribution in [-0.2, 0) is 0 Å². The van der Waals surface area contributed by atoms with Crippen molar-refractivity contribution < 1.29 is 4.74 Å². The highest BCUT2D eigenvalue weighted by Gasteiger charge is 2.05. The maximum atomic E-state index is 5.27. The molecule has 0 saturated heterocycles. The third-order valence-corrected chi connectivity index (χ3v) is 3.33. The maximum Gasteiger partial charge on any atom is 0.138 e. The molecule has 0 aliphatic heterocycles. The molecule has 2 rings (SSSR count). The summed E-state index contributed by atoms with van der Waals surface area (Å²) in [5, 5.41) is 6.17. The molecule has 0 aliphatic carbocycles. The normalized spacial score (nSPS) is 9.65. The van der Waals surface area contributed by atoms with Crippen molar-refractivity contribution in [2.45, 2.75) is 0 Å². The molecule has 0 spiro atoms. The molecule has 2 aromatic carbocycles. The fourth-order valence-corrected chi connectivity index (χ4v) is 1.91. The molecule has 0 aromatic heterocycles. The first-order valence-electron chi connectivity index (χ1n) is 6.00. The molecule has 3 nitrogen and oxygen atoms in total.